The lowest BCUT2D eigenvalue weighted by Crippen LogP contribution is -2.07. The van der Waals surface area contributed by atoms with Crippen LogP contribution in [-0.2, 0) is 4.74 Å². The number of carbonyl (C=O) groups is 1. The summed E-state index contributed by atoms with van der Waals surface area (Å²) < 4.78 is 5.00. The molecule has 0 saturated heterocycles. The predicted octanol–water partition coefficient (Wildman–Crippen LogP) is 1.66. The van der Waals surface area contributed by atoms with Gasteiger partial charge in [-0.05, 0) is 30.7 Å². The van der Waals surface area contributed by atoms with Crippen LogP contribution in [0, 0.1) is 0 Å². The van der Waals surface area contributed by atoms with E-state index in [0.29, 0.717) is 18.7 Å². The van der Waals surface area contributed by atoms with Crippen LogP contribution < -0.4 is 5.32 Å². The monoisotopic (exact) mass is 223 g/mol. The number of ether oxygens (including phenoxy) is 1. The molecule has 0 aliphatic carbocycles. The van der Waals surface area contributed by atoms with Crippen molar-refractivity contribution in [1.29, 1.82) is 0 Å². The van der Waals surface area contributed by atoms with Crippen LogP contribution in [0.4, 0.5) is 5.69 Å². The van der Waals surface area contributed by atoms with Gasteiger partial charge in [0.05, 0.1) is 18.8 Å². The van der Waals surface area contributed by atoms with Crippen molar-refractivity contribution in [2.24, 2.45) is 0 Å². The summed E-state index contributed by atoms with van der Waals surface area (Å²) in [6, 6.07) is 6.99. The van der Waals surface area contributed by atoms with E-state index in [-0.39, 0.29) is 12.6 Å². The Morgan fingerprint density at radius 3 is 2.62 bits per heavy atom. The molecular weight excluding hydrogens is 206 g/mol. The zero-order chi connectivity index (χ0) is 11.8. The maximum absolute atomic E-state index is 11.4. The summed E-state index contributed by atoms with van der Waals surface area (Å²) in [5, 5.41) is 11.6. The van der Waals surface area contributed by atoms with E-state index in [9.17, 15) is 4.79 Å². The number of hydrogen-bond acceptors (Lipinski definition) is 4. The minimum Gasteiger partial charge on any atom is -0.462 e. The molecule has 0 fully saturated rings. The van der Waals surface area contributed by atoms with Gasteiger partial charge in [-0.2, -0.15) is 0 Å². The average molecular weight is 223 g/mol. The quantitative estimate of drug-likeness (QED) is 0.720. The lowest BCUT2D eigenvalue weighted by molar-refractivity contribution is 0.0505. The van der Waals surface area contributed by atoms with Gasteiger partial charge >= 0.3 is 5.97 Å². The highest BCUT2D eigenvalue weighted by molar-refractivity contribution is 5.89. The second kappa shape index (κ2) is 6.85. The first-order valence-electron chi connectivity index (χ1n) is 5.40. The van der Waals surface area contributed by atoms with E-state index in [2.05, 4.69) is 5.32 Å². The van der Waals surface area contributed by atoms with Crippen molar-refractivity contribution in [3.63, 3.8) is 0 Å². The Bertz CT molecular complexity index is 322. The first-order chi connectivity index (χ1) is 7.77. The van der Waals surface area contributed by atoms with Crippen molar-refractivity contribution in [1.82, 2.24) is 0 Å². The molecule has 4 nitrogen and oxygen atoms in total. The zero-order valence-corrected chi connectivity index (χ0v) is 9.40. The third-order valence-corrected chi connectivity index (χ3v) is 2.00. The number of hydrogen-bond donors (Lipinski definition) is 2. The van der Waals surface area contributed by atoms with Crippen LogP contribution in [0.25, 0.3) is 0 Å². The number of carbonyl (C=O) groups excluding carboxylic acids is 1. The lowest BCUT2D eigenvalue weighted by Gasteiger charge is -2.06. The summed E-state index contributed by atoms with van der Waals surface area (Å²) in [5.74, 6) is -0.296. The van der Waals surface area contributed by atoms with Gasteiger partial charge in [-0.3, -0.25) is 0 Å². The summed E-state index contributed by atoms with van der Waals surface area (Å²) in [6.45, 7) is 2.98. The van der Waals surface area contributed by atoms with E-state index in [4.69, 9.17) is 9.84 Å². The van der Waals surface area contributed by atoms with Crippen molar-refractivity contribution in [2.45, 2.75) is 13.3 Å². The molecule has 0 bridgehead atoms. The summed E-state index contributed by atoms with van der Waals surface area (Å²) in [5.41, 5.74) is 1.42. The van der Waals surface area contributed by atoms with Crippen LogP contribution in [0.2, 0.25) is 0 Å². The Hall–Kier alpha value is -1.55. The third-order valence-electron chi connectivity index (χ3n) is 2.00. The molecule has 0 heterocycles. The average Bonchev–Trinajstić information content (AvgIpc) is 2.34. The van der Waals surface area contributed by atoms with Gasteiger partial charge in [0.25, 0.3) is 0 Å². The number of aliphatic hydroxyl groups is 1. The van der Waals surface area contributed by atoms with Crippen LogP contribution in [0.1, 0.15) is 23.7 Å². The Balaban J connectivity index is 2.53. The van der Waals surface area contributed by atoms with Crippen molar-refractivity contribution in [3.05, 3.63) is 29.8 Å². The molecule has 1 aromatic carbocycles. The highest BCUT2D eigenvalue weighted by Gasteiger charge is 2.05. The van der Waals surface area contributed by atoms with Crippen LogP contribution in [0.3, 0.4) is 0 Å². The molecule has 16 heavy (non-hydrogen) atoms. The standard InChI is InChI=1S/C12H17NO3/c1-2-9-16-12(15)10-3-5-11(6-4-10)13-7-8-14/h3-6,13-14H,2,7-9H2,1H3. The van der Waals surface area contributed by atoms with Gasteiger partial charge in [-0.1, -0.05) is 6.92 Å². The number of benzene rings is 1. The molecule has 0 radical (unpaired) electrons. The predicted molar refractivity (Wildman–Crippen MR) is 62.6 cm³/mol. The fraction of sp³-hybridized carbons (Fsp3) is 0.417. The number of nitrogens with one attached hydrogen (secondary N) is 1. The minimum absolute atomic E-state index is 0.0836. The maximum Gasteiger partial charge on any atom is 0.338 e. The molecule has 4 heteroatoms. The molecule has 1 aromatic rings. The first kappa shape index (κ1) is 12.5. The molecule has 0 amide bonds. The Labute approximate surface area is 95.2 Å². The molecule has 0 aromatic heterocycles. The highest BCUT2D eigenvalue weighted by atomic mass is 16.5. The normalized spacial score (nSPS) is 9.88. The second-order valence-corrected chi connectivity index (χ2v) is 3.36. The molecule has 0 aliphatic heterocycles. The number of anilines is 1. The summed E-state index contributed by atoms with van der Waals surface area (Å²) >= 11 is 0. The summed E-state index contributed by atoms with van der Waals surface area (Å²) in [4.78, 5) is 11.4. The SMILES string of the molecule is CCCOC(=O)c1ccc(NCCO)cc1. The molecule has 0 saturated carbocycles. The van der Waals surface area contributed by atoms with E-state index >= 15 is 0 Å². The first-order valence-corrected chi connectivity index (χ1v) is 5.40. The second-order valence-electron chi connectivity index (χ2n) is 3.36. The molecule has 0 aliphatic rings. The van der Waals surface area contributed by atoms with E-state index < -0.39 is 0 Å². The number of rotatable bonds is 6. The van der Waals surface area contributed by atoms with Crippen molar-refractivity contribution >= 4 is 11.7 Å². The van der Waals surface area contributed by atoms with Crippen molar-refractivity contribution < 1.29 is 14.6 Å². The number of aliphatic hydroxyl groups excluding tert-OH is 1. The smallest absolute Gasteiger partial charge is 0.338 e. The van der Waals surface area contributed by atoms with E-state index in [1.807, 2.05) is 6.92 Å². The van der Waals surface area contributed by atoms with Crippen LogP contribution >= 0.6 is 0 Å². The Morgan fingerprint density at radius 1 is 1.38 bits per heavy atom. The van der Waals surface area contributed by atoms with Gasteiger partial charge < -0.3 is 15.2 Å². The van der Waals surface area contributed by atoms with Crippen LogP contribution in [-0.4, -0.2) is 30.8 Å². The number of esters is 1. The highest BCUT2D eigenvalue weighted by Crippen LogP contribution is 2.10. The fourth-order valence-electron chi connectivity index (χ4n) is 1.20. The molecule has 0 spiro atoms. The molecule has 0 atom stereocenters. The van der Waals surface area contributed by atoms with Gasteiger partial charge in [-0.15, -0.1) is 0 Å². The molecule has 2 N–H and O–H groups in total. The maximum atomic E-state index is 11.4. The van der Waals surface area contributed by atoms with E-state index in [0.717, 1.165) is 12.1 Å². The molecular formula is C12H17NO3. The Kier molecular flexibility index (Phi) is 5.36. The molecule has 1 rings (SSSR count). The largest absolute Gasteiger partial charge is 0.462 e. The minimum atomic E-state index is -0.296. The third kappa shape index (κ3) is 3.90. The Morgan fingerprint density at radius 2 is 2.06 bits per heavy atom. The van der Waals surface area contributed by atoms with Crippen molar-refractivity contribution in [2.75, 3.05) is 25.1 Å². The fourth-order valence-corrected chi connectivity index (χ4v) is 1.20. The molecule has 0 unspecified atom stereocenters. The lowest BCUT2D eigenvalue weighted by atomic mass is 10.2. The zero-order valence-electron chi connectivity index (χ0n) is 9.40. The van der Waals surface area contributed by atoms with Crippen LogP contribution in [0.15, 0.2) is 24.3 Å². The topological polar surface area (TPSA) is 58.6 Å². The van der Waals surface area contributed by atoms with Gasteiger partial charge in [-0.25, -0.2) is 4.79 Å². The van der Waals surface area contributed by atoms with Gasteiger partial charge in [0.15, 0.2) is 0 Å². The van der Waals surface area contributed by atoms with E-state index in [1.165, 1.54) is 0 Å². The van der Waals surface area contributed by atoms with E-state index in [1.54, 1.807) is 24.3 Å². The molecule has 88 valence electrons. The summed E-state index contributed by atoms with van der Waals surface area (Å²) in [6.07, 6.45) is 0.821. The summed E-state index contributed by atoms with van der Waals surface area (Å²) in [7, 11) is 0. The van der Waals surface area contributed by atoms with Gasteiger partial charge in [0.1, 0.15) is 0 Å². The van der Waals surface area contributed by atoms with Gasteiger partial charge in [0, 0.05) is 12.2 Å². The van der Waals surface area contributed by atoms with Crippen LogP contribution in [0.5, 0.6) is 0 Å². The van der Waals surface area contributed by atoms with Crippen molar-refractivity contribution in [3.8, 4) is 0 Å². The van der Waals surface area contributed by atoms with Gasteiger partial charge in [0.2, 0.25) is 0 Å².